The Bertz CT molecular complexity index is 271. The van der Waals surface area contributed by atoms with Gasteiger partial charge in [0.2, 0.25) is 0 Å². The highest BCUT2D eigenvalue weighted by Crippen LogP contribution is 2.17. The normalized spacial score (nSPS) is 9.00. The lowest BCUT2D eigenvalue weighted by atomic mass is 10.2. The number of thioether (sulfide) groups is 1. The Morgan fingerprint density at radius 3 is 2.38 bits per heavy atom. The van der Waals surface area contributed by atoms with Gasteiger partial charge in [0.25, 0.3) is 0 Å². The Morgan fingerprint density at radius 1 is 1.38 bits per heavy atom. The van der Waals surface area contributed by atoms with E-state index in [1.165, 1.54) is 5.56 Å². The van der Waals surface area contributed by atoms with E-state index < -0.39 is 0 Å². The molecule has 1 aromatic rings. The van der Waals surface area contributed by atoms with E-state index in [1.54, 1.807) is 11.8 Å². The molecule has 2 nitrogen and oxygen atoms in total. The minimum absolute atomic E-state index is 0. The van der Waals surface area contributed by atoms with Crippen LogP contribution in [0, 0.1) is 12.3 Å². The van der Waals surface area contributed by atoms with E-state index in [1.807, 2.05) is 12.1 Å². The zero-order chi connectivity index (χ0) is 8.97. The largest absolute Gasteiger partial charge is 0.387 e. The first-order valence-corrected chi connectivity index (χ1v) is 4.69. The van der Waals surface area contributed by atoms with E-state index in [9.17, 15) is 0 Å². The van der Waals surface area contributed by atoms with Gasteiger partial charge in [0, 0.05) is 4.90 Å². The zero-order valence-electron chi connectivity index (χ0n) is 7.41. The van der Waals surface area contributed by atoms with Gasteiger partial charge in [0.05, 0.1) is 5.75 Å². The summed E-state index contributed by atoms with van der Waals surface area (Å²) in [5, 5.41) is 7.04. The lowest BCUT2D eigenvalue weighted by Crippen LogP contribution is -2.11. The summed E-state index contributed by atoms with van der Waals surface area (Å²) in [4.78, 5) is 1.16. The van der Waals surface area contributed by atoms with E-state index in [0.29, 0.717) is 5.75 Å². The molecule has 0 aliphatic rings. The summed E-state index contributed by atoms with van der Waals surface area (Å²) in [7, 11) is 0. The first-order valence-electron chi connectivity index (χ1n) is 3.71. The maximum atomic E-state index is 7.04. The lowest BCUT2D eigenvalue weighted by molar-refractivity contribution is 1.37. The van der Waals surface area contributed by atoms with Crippen molar-refractivity contribution >= 4 is 30.0 Å². The Morgan fingerprint density at radius 2 is 1.92 bits per heavy atom. The van der Waals surface area contributed by atoms with Crippen molar-refractivity contribution in [3.05, 3.63) is 29.8 Å². The predicted octanol–water partition coefficient (Wildman–Crippen LogP) is 2.44. The highest BCUT2D eigenvalue weighted by molar-refractivity contribution is 8.00. The highest BCUT2D eigenvalue weighted by atomic mass is 35.5. The molecule has 0 bridgehead atoms. The van der Waals surface area contributed by atoms with E-state index >= 15 is 0 Å². The molecule has 0 spiro atoms. The maximum absolute atomic E-state index is 7.04. The van der Waals surface area contributed by atoms with Crippen LogP contribution in [0.15, 0.2) is 29.2 Å². The van der Waals surface area contributed by atoms with Crippen molar-refractivity contribution in [3.63, 3.8) is 0 Å². The van der Waals surface area contributed by atoms with E-state index in [4.69, 9.17) is 11.1 Å². The fourth-order valence-electron chi connectivity index (χ4n) is 0.796. The quantitative estimate of drug-likeness (QED) is 0.463. The van der Waals surface area contributed by atoms with Gasteiger partial charge in [-0.15, -0.1) is 24.2 Å². The molecule has 0 unspecified atom stereocenters. The molecule has 0 heterocycles. The molecule has 1 aromatic carbocycles. The summed E-state index contributed by atoms with van der Waals surface area (Å²) in [6.45, 7) is 2.05. The van der Waals surface area contributed by atoms with Gasteiger partial charge in [-0.1, -0.05) is 17.7 Å². The van der Waals surface area contributed by atoms with Gasteiger partial charge in [0.1, 0.15) is 5.84 Å². The second-order valence-corrected chi connectivity index (χ2v) is 3.68. The first kappa shape index (κ1) is 12.3. The number of halogens is 1. The molecule has 0 atom stereocenters. The summed E-state index contributed by atoms with van der Waals surface area (Å²) in [6.07, 6.45) is 0. The molecule has 3 N–H and O–H groups in total. The van der Waals surface area contributed by atoms with Gasteiger partial charge in [-0.05, 0) is 19.1 Å². The number of amidine groups is 1. The Kier molecular flexibility index (Phi) is 5.58. The molecule has 0 aromatic heterocycles. The van der Waals surface area contributed by atoms with Crippen molar-refractivity contribution in [3.8, 4) is 0 Å². The van der Waals surface area contributed by atoms with Crippen LogP contribution in [-0.4, -0.2) is 11.6 Å². The van der Waals surface area contributed by atoms with Crippen LogP contribution in [0.1, 0.15) is 5.56 Å². The zero-order valence-corrected chi connectivity index (χ0v) is 9.04. The Labute approximate surface area is 88.8 Å². The minimum Gasteiger partial charge on any atom is -0.387 e. The monoisotopic (exact) mass is 216 g/mol. The average Bonchev–Trinajstić information content (AvgIpc) is 2.03. The molecule has 13 heavy (non-hydrogen) atoms. The summed E-state index contributed by atoms with van der Waals surface area (Å²) >= 11 is 1.59. The second-order valence-electron chi connectivity index (χ2n) is 2.63. The topological polar surface area (TPSA) is 49.9 Å². The fourth-order valence-corrected chi connectivity index (χ4v) is 1.45. The van der Waals surface area contributed by atoms with Crippen molar-refractivity contribution in [2.24, 2.45) is 5.73 Å². The highest BCUT2D eigenvalue weighted by Gasteiger charge is 1.94. The lowest BCUT2D eigenvalue weighted by Gasteiger charge is -1.99. The van der Waals surface area contributed by atoms with Crippen LogP contribution >= 0.6 is 24.2 Å². The van der Waals surface area contributed by atoms with Crippen LogP contribution in [0.25, 0.3) is 0 Å². The number of benzene rings is 1. The maximum Gasteiger partial charge on any atom is 0.101 e. The van der Waals surface area contributed by atoms with E-state index in [2.05, 4.69) is 19.1 Å². The number of nitrogens with two attached hydrogens (primary N) is 1. The number of aryl methyl sites for hydroxylation is 1. The third-order valence-corrected chi connectivity index (χ3v) is 2.48. The minimum atomic E-state index is 0. The van der Waals surface area contributed by atoms with Gasteiger partial charge >= 0.3 is 0 Å². The van der Waals surface area contributed by atoms with Crippen molar-refractivity contribution in [1.82, 2.24) is 0 Å². The van der Waals surface area contributed by atoms with E-state index in [0.717, 1.165) is 4.90 Å². The van der Waals surface area contributed by atoms with Crippen molar-refractivity contribution < 1.29 is 0 Å². The average molecular weight is 217 g/mol. The Balaban J connectivity index is 0.00000144. The van der Waals surface area contributed by atoms with E-state index in [-0.39, 0.29) is 18.2 Å². The summed E-state index contributed by atoms with van der Waals surface area (Å²) in [5.74, 6) is 0.795. The molecule has 0 aliphatic heterocycles. The number of hydrogen-bond donors (Lipinski definition) is 2. The van der Waals surface area contributed by atoms with Crippen LogP contribution in [0.5, 0.6) is 0 Å². The third kappa shape index (κ3) is 4.80. The van der Waals surface area contributed by atoms with Crippen molar-refractivity contribution in [1.29, 1.82) is 5.41 Å². The van der Waals surface area contributed by atoms with Crippen LogP contribution < -0.4 is 5.73 Å². The van der Waals surface area contributed by atoms with Gasteiger partial charge in [-0.3, -0.25) is 5.41 Å². The summed E-state index contributed by atoms with van der Waals surface area (Å²) in [6, 6.07) is 8.21. The number of hydrogen-bond acceptors (Lipinski definition) is 2. The molecule has 4 heteroatoms. The van der Waals surface area contributed by atoms with Crippen LogP contribution in [0.3, 0.4) is 0 Å². The molecule has 0 aliphatic carbocycles. The summed E-state index contributed by atoms with van der Waals surface area (Å²) in [5.41, 5.74) is 6.48. The molecule has 72 valence electrons. The van der Waals surface area contributed by atoms with Crippen LogP contribution in [0.2, 0.25) is 0 Å². The molecule has 0 radical (unpaired) electrons. The van der Waals surface area contributed by atoms with Crippen molar-refractivity contribution in [2.45, 2.75) is 11.8 Å². The predicted molar refractivity (Wildman–Crippen MR) is 61.1 cm³/mol. The van der Waals surface area contributed by atoms with Gasteiger partial charge in [-0.2, -0.15) is 0 Å². The fraction of sp³-hybridized carbons (Fsp3) is 0.222. The van der Waals surface area contributed by atoms with Crippen LogP contribution in [0.4, 0.5) is 0 Å². The first-order chi connectivity index (χ1) is 5.68. The third-order valence-electron chi connectivity index (χ3n) is 1.42. The van der Waals surface area contributed by atoms with Gasteiger partial charge < -0.3 is 5.73 Å². The number of rotatable bonds is 3. The Hall–Kier alpha value is -0.670. The van der Waals surface area contributed by atoms with Gasteiger partial charge in [-0.25, -0.2) is 0 Å². The summed E-state index contributed by atoms with van der Waals surface area (Å²) < 4.78 is 0. The smallest absolute Gasteiger partial charge is 0.101 e. The standard InChI is InChI=1S/C9H12N2S.ClH/c1-7-2-4-8(5-3-7)12-6-9(10)11;/h2-5H,6H2,1H3,(H3,10,11);1H. The molecule has 0 saturated carbocycles. The molecule has 1 rings (SSSR count). The molecular formula is C9H13ClN2S. The van der Waals surface area contributed by atoms with Crippen LogP contribution in [-0.2, 0) is 0 Å². The molecule has 0 amide bonds. The second kappa shape index (κ2) is 5.89. The molecule has 0 fully saturated rings. The van der Waals surface area contributed by atoms with Crippen molar-refractivity contribution in [2.75, 3.05) is 5.75 Å². The van der Waals surface area contributed by atoms with Gasteiger partial charge in [0.15, 0.2) is 0 Å². The SMILES string of the molecule is Cc1ccc(SCC(=N)N)cc1.Cl. The molecule has 0 saturated heterocycles. The number of nitrogens with one attached hydrogen (secondary N) is 1. The molecular weight excluding hydrogens is 204 g/mol.